The van der Waals surface area contributed by atoms with Crippen molar-refractivity contribution in [3.63, 3.8) is 0 Å². The summed E-state index contributed by atoms with van der Waals surface area (Å²) in [5.74, 6) is -1.14. The normalized spacial score (nSPS) is 12.6. The molecular formula is C20H15F2N3O2. The summed E-state index contributed by atoms with van der Waals surface area (Å²) in [6, 6.07) is 10.9. The molecule has 27 heavy (non-hydrogen) atoms. The van der Waals surface area contributed by atoms with E-state index >= 15 is 0 Å². The first kappa shape index (κ1) is 17.1. The minimum absolute atomic E-state index is 0.0654. The number of methoxy groups -OCH3 is 1. The van der Waals surface area contributed by atoms with E-state index in [-0.39, 0.29) is 23.8 Å². The Kier molecular flexibility index (Phi) is 4.27. The highest BCUT2D eigenvalue weighted by Crippen LogP contribution is 2.28. The summed E-state index contributed by atoms with van der Waals surface area (Å²) in [7, 11) is 1.58. The molecule has 7 heteroatoms. The number of carbonyl (C=O) groups excluding carboxylic acids is 1. The molecule has 0 saturated heterocycles. The molecule has 5 nitrogen and oxygen atoms in total. The largest absolute Gasteiger partial charge is 0.497 e. The number of nitrogens with one attached hydrogen (secondary N) is 1. The zero-order valence-electron chi connectivity index (χ0n) is 14.4. The van der Waals surface area contributed by atoms with Crippen LogP contribution in [0.25, 0.3) is 11.4 Å². The molecule has 2 heterocycles. The fourth-order valence-electron chi connectivity index (χ4n) is 3.09. The summed E-state index contributed by atoms with van der Waals surface area (Å²) in [5.41, 5.74) is 1.83. The van der Waals surface area contributed by atoms with Crippen molar-refractivity contribution in [3.8, 4) is 17.1 Å². The average Bonchev–Trinajstić information content (AvgIpc) is 3.03. The van der Waals surface area contributed by atoms with E-state index in [1.54, 1.807) is 19.2 Å². The number of fused-ring (bicyclic) bond motifs is 1. The highest BCUT2D eigenvalue weighted by molar-refractivity contribution is 5.99. The molecule has 0 unspecified atom stereocenters. The monoisotopic (exact) mass is 367 g/mol. The summed E-state index contributed by atoms with van der Waals surface area (Å²) in [4.78, 5) is 20.8. The van der Waals surface area contributed by atoms with Crippen LogP contribution in [0, 0.1) is 11.6 Å². The van der Waals surface area contributed by atoms with E-state index in [0.717, 1.165) is 17.7 Å². The molecule has 1 N–H and O–H groups in total. The zero-order chi connectivity index (χ0) is 19.0. The van der Waals surface area contributed by atoms with E-state index in [1.807, 2.05) is 12.1 Å². The highest BCUT2D eigenvalue weighted by atomic mass is 19.1. The molecule has 136 valence electrons. The lowest BCUT2D eigenvalue weighted by Gasteiger charge is -2.10. The van der Waals surface area contributed by atoms with Crippen LogP contribution >= 0.6 is 0 Å². The maximum atomic E-state index is 14.2. The first-order chi connectivity index (χ1) is 13.1. The molecule has 0 radical (unpaired) electrons. The number of amides is 1. The van der Waals surface area contributed by atoms with Gasteiger partial charge in [-0.1, -0.05) is 18.2 Å². The zero-order valence-corrected chi connectivity index (χ0v) is 14.4. The Bertz CT molecular complexity index is 1020. The van der Waals surface area contributed by atoms with Crippen LogP contribution in [0.1, 0.15) is 27.3 Å². The number of hydrogen-bond acceptors (Lipinski definition) is 4. The average molecular weight is 367 g/mol. The van der Waals surface area contributed by atoms with Crippen molar-refractivity contribution in [2.75, 3.05) is 7.11 Å². The minimum Gasteiger partial charge on any atom is -0.497 e. The van der Waals surface area contributed by atoms with Gasteiger partial charge in [-0.25, -0.2) is 18.7 Å². The van der Waals surface area contributed by atoms with Crippen molar-refractivity contribution in [2.45, 2.75) is 13.0 Å². The third-order valence-corrected chi connectivity index (χ3v) is 4.42. The fourth-order valence-corrected chi connectivity index (χ4v) is 3.09. The Morgan fingerprint density at radius 3 is 2.41 bits per heavy atom. The Hall–Kier alpha value is -3.35. The molecule has 1 aromatic heterocycles. The van der Waals surface area contributed by atoms with Crippen molar-refractivity contribution in [1.82, 2.24) is 15.3 Å². The number of aromatic nitrogens is 2. The van der Waals surface area contributed by atoms with Gasteiger partial charge in [-0.15, -0.1) is 0 Å². The van der Waals surface area contributed by atoms with E-state index in [2.05, 4.69) is 15.3 Å². The second-order valence-electron chi connectivity index (χ2n) is 6.12. The van der Waals surface area contributed by atoms with Gasteiger partial charge in [-0.2, -0.15) is 0 Å². The van der Waals surface area contributed by atoms with Gasteiger partial charge in [0, 0.05) is 6.42 Å². The van der Waals surface area contributed by atoms with Crippen LogP contribution in [0.5, 0.6) is 5.75 Å². The molecule has 0 atom stereocenters. The van der Waals surface area contributed by atoms with E-state index < -0.39 is 11.6 Å². The number of ether oxygens (including phenoxy) is 1. The van der Waals surface area contributed by atoms with Gasteiger partial charge < -0.3 is 10.1 Å². The summed E-state index contributed by atoms with van der Waals surface area (Å²) in [6.07, 6.45) is 0.325. The molecule has 1 amide bonds. The molecule has 2 aromatic carbocycles. The lowest BCUT2D eigenvalue weighted by molar-refractivity contribution is 0.0964. The second-order valence-corrected chi connectivity index (χ2v) is 6.12. The number of carbonyl (C=O) groups is 1. The van der Waals surface area contributed by atoms with Crippen LogP contribution in [0.2, 0.25) is 0 Å². The summed E-state index contributed by atoms with van der Waals surface area (Å²) < 4.78 is 33.5. The molecule has 0 bridgehead atoms. The van der Waals surface area contributed by atoms with Crippen LogP contribution in [0.15, 0.2) is 42.5 Å². The summed E-state index contributed by atoms with van der Waals surface area (Å²) >= 11 is 0. The Balaban J connectivity index is 1.82. The molecule has 0 fully saturated rings. The molecule has 0 saturated carbocycles. The predicted molar refractivity (Wildman–Crippen MR) is 94.4 cm³/mol. The third-order valence-electron chi connectivity index (χ3n) is 4.42. The summed E-state index contributed by atoms with van der Waals surface area (Å²) in [6.45, 7) is 0.204. The third kappa shape index (κ3) is 3.12. The first-order valence-corrected chi connectivity index (χ1v) is 8.32. The smallest absolute Gasteiger partial charge is 0.255 e. The van der Waals surface area contributed by atoms with Crippen molar-refractivity contribution < 1.29 is 18.3 Å². The van der Waals surface area contributed by atoms with Crippen molar-refractivity contribution in [3.05, 3.63) is 76.6 Å². The molecule has 0 aliphatic carbocycles. The number of halogens is 2. The minimum atomic E-state index is -0.748. The molecule has 0 spiro atoms. The quantitative estimate of drug-likeness (QED) is 0.769. The number of nitrogens with zero attached hydrogens (tertiary/aromatic N) is 2. The SMILES string of the molecule is COc1ccc(Cc2nc(-c3c(F)cccc3F)nc3c2C(=O)NC3)cc1. The van der Waals surface area contributed by atoms with Gasteiger partial charge in [0.1, 0.15) is 17.4 Å². The molecule has 3 aromatic rings. The Morgan fingerprint density at radius 2 is 1.74 bits per heavy atom. The number of hydrogen-bond donors (Lipinski definition) is 1. The van der Waals surface area contributed by atoms with Gasteiger partial charge in [-0.3, -0.25) is 4.79 Å². The van der Waals surface area contributed by atoms with Crippen molar-refractivity contribution in [2.24, 2.45) is 0 Å². The van der Waals surface area contributed by atoms with Gasteiger partial charge in [0.2, 0.25) is 0 Å². The maximum Gasteiger partial charge on any atom is 0.255 e. The molecule has 1 aliphatic heterocycles. The topological polar surface area (TPSA) is 64.1 Å². The maximum absolute atomic E-state index is 14.2. The van der Waals surface area contributed by atoms with Gasteiger partial charge in [-0.05, 0) is 29.8 Å². The Labute approximate surface area is 154 Å². The first-order valence-electron chi connectivity index (χ1n) is 8.32. The van der Waals surface area contributed by atoms with Gasteiger partial charge in [0.15, 0.2) is 5.82 Å². The van der Waals surface area contributed by atoms with Crippen molar-refractivity contribution >= 4 is 5.91 Å². The summed E-state index contributed by atoms with van der Waals surface area (Å²) in [5, 5.41) is 2.69. The van der Waals surface area contributed by atoms with Crippen LogP contribution in [0.4, 0.5) is 8.78 Å². The Morgan fingerprint density at radius 1 is 1.04 bits per heavy atom. The highest BCUT2D eigenvalue weighted by Gasteiger charge is 2.28. The standard InChI is InChI=1S/C20H15F2N3O2/c1-27-12-7-5-11(6-8-12)9-15-18-16(10-23-20(18)26)25-19(24-15)17-13(21)3-2-4-14(17)22/h2-8H,9-10H2,1H3,(H,23,26). The lowest BCUT2D eigenvalue weighted by atomic mass is 10.0. The van der Waals surface area contributed by atoms with Crippen LogP contribution in [0.3, 0.4) is 0 Å². The van der Waals surface area contributed by atoms with Crippen LogP contribution in [-0.4, -0.2) is 23.0 Å². The lowest BCUT2D eigenvalue weighted by Crippen LogP contribution is -2.14. The van der Waals surface area contributed by atoms with E-state index in [4.69, 9.17) is 4.74 Å². The number of benzene rings is 2. The van der Waals surface area contributed by atoms with Crippen LogP contribution in [-0.2, 0) is 13.0 Å². The predicted octanol–water partition coefficient (Wildman–Crippen LogP) is 3.26. The fraction of sp³-hybridized carbons (Fsp3) is 0.150. The molecule has 1 aliphatic rings. The van der Waals surface area contributed by atoms with Gasteiger partial charge in [0.05, 0.1) is 36.2 Å². The molecular weight excluding hydrogens is 352 g/mol. The van der Waals surface area contributed by atoms with E-state index in [9.17, 15) is 13.6 Å². The second kappa shape index (κ2) is 6.75. The van der Waals surface area contributed by atoms with Gasteiger partial charge in [0.25, 0.3) is 5.91 Å². The van der Waals surface area contributed by atoms with E-state index in [1.165, 1.54) is 6.07 Å². The van der Waals surface area contributed by atoms with Gasteiger partial charge >= 0.3 is 0 Å². The van der Waals surface area contributed by atoms with Crippen LogP contribution < -0.4 is 10.1 Å². The number of rotatable bonds is 4. The molecule has 4 rings (SSSR count). The van der Waals surface area contributed by atoms with E-state index in [0.29, 0.717) is 29.1 Å². The van der Waals surface area contributed by atoms with Crippen molar-refractivity contribution in [1.29, 1.82) is 0 Å².